The maximum absolute atomic E-state index is 9.37. The van der Waals surface area contributed by atoms with E-state index in [0.29, 0.717) is 6.61 Å². The number of ether oxygens (including phenoxy) is 1. The van der Waals surface area contributed by atoms with Crippen LogP contribution >= 0.6 is 11.6 Å². The number of hydrogen-bond donors (Lipinski definition) is 2. The van der Waals surface area contributed by atoms with Crippen LogP contribution in [0.5, 0.6) is 0 Å². The van der Waals surface area contributed by atoms with Crippen LogP contribution in [-0.2, 0) is 9.53 Å². The molecule has 0 aliphatic carbocycles. The van der Waals surface area contributed by atoms with Crippen molar-refractivity contribution >= 4 is 17.6 Å². The van der Waals surface area contributed by atoms with Crippen molar-refractivity contribution in [3.8, 4) is 0 Å². The van der Waals surface area contributed by atoms with Crippen LogP contribution < -0.4 is 0 Å². The van der Waals surface area contributed by atoms with E-state index in [0.717, 1.165) is 12.8 Å². The van der Waals surface area contributed by atoms with E-state index in [1.807, 2.05) is 0 Å². The molecule has 2 atom stereocenters. The van der Waals surface area contributed by atoms with Crippen LogP contribution in [0, 0.1) is 0 Å². The number of aliphatic hydroxyl groups excluding tert-OH is 1. The summed E-state index contributed by atoms with van der Waals surface area (Å²) in [7, 11) is 0. The molecule has 0 saturated carbocycles. The predicted molar refractivity (Wildman–Crippen MR) is 48.8 cm³/mol. The molecule has 0 bridgehead atoms. The lowest BCUT2D eigenvalue weighted by atomic mass is 10.2. The zero-order chi connectivity index (χ0) is 10.3. The minimum atomic E-state index is -0.745. The van der Waals surface area contributed by atoms with Crippen molar-refractivity contribution in [1.29, 1.82) is 0 Å². The van der Waals surface area contributed by atoms with Crippen LogP contribution in [0.3, 0.4) is 0 Å². The Morgan fingerprint density at radius 1 is 1.69 bits per heavy atom. The van der Waals surface area contributed by atoms with Gasteiger partial charge in [-0.2, -0.15) is 0 Å². The standard InChI is InChI=1S/C5H9ClO2.C3H6O2/c6-4-2-1-3-8-5(4)7;1-2-3(4)5/h4-5,7H,1-3H2;2H2,1H3,(H,4,5)/t4-,5+;/m0./s1. The summed E-state index contributed by atoms with van der Waals surface area (Å²) < 4.78 is 4.81. The van der Waals surface area contributed by atoms with E-state index in [1.54, 1.807) is 6.92 Å². The third-order valence-electron chi connectivity index (χ3n) is 1.52. The van der Waals surface area contributed by atoms with Crippen molar-refractivity contribution in [2.45, 2.75) is 37.9 Å². The Morgan fingerprint density at radius 3 is 2.46 bits per heavy atom. The maximum atomic E-state index is 9.37. The van der Waals surface area contributed by atoms with Crippen LogP contribution in [-0.4, -0.2) is 34.5 Å². The Balaban J connectivity index is 0.000000252. The normalized spacial score (nSPS) is 27.3. The Bertz CT molecular complexity index is 141. The highest BCUT2D eigenvalue weighted by Gasteiger charge is 2.20. The Kier molecular flexibility index (Phi) is 6.94. The summed E-state index contributed by atoms with van der Waals surface area (Å²) in [5, 5.41) is 16.4. The highest BCUT2D eigenvalue weighted by molar-refractivity contribution is 6.20. The number of carboxylic acids is 1. The van der Waals surface area contributed by atoms with Gasteiger partial charge in [-0.3, -0.25) is 4.79 Å². The molecule has 13 heavy (non-hydrogen) atoms. The third-order valence-corrected chi connectivity index (χ3v) is 1.96. The molecule has 0 aromatic heterocycles. The number of rotatable bonds is 1. The van der Waals surface area contributed by atoms with Crippen molar-refractivity contribution in [2.75, 3.05) is 6.61 Å². The lowest BCUT2D eigenvalue weighted by molar-refractivity contribution is -0.136. The lowest BCUT2D eigenvalue weighted by Crippen LogP contribution is -2.29. The summed E-state index contributed by atoms with van der Waals surface area (Å²) in [6.45, 7) is 2.24. The van der Waals surface area contributed by atoms with Gasteiger partial charge in [-0.15, -0.1) is 11.6 Å². The fraction of sp³-hybridized carbons (Fsp3) is 0.875. The Morgan fingerprint density at radius 2 is 2.23 bits per heavy atom. The van der Waals surface area contributed by atoms with Crippen molar-refractivity contribution in [1.82, 2.24) is 0 Å². The molecule has 2 N–H and O–H groups in total. The molecule has 0 unspecified atom stereocenters. The minimum absolute atomic E-state index is 0.191. The summed E-state index contributed by atoms with van der Waals surface area (Å²) >= 11 is 5.59. The van der Waals surface area contributed by atoms with Crippen LogP contribution in [0.2, 0.25) is 0 Å². The van der Waals surface area contributed by atoms with Gasteiger partial charge in [-0.25, -0.2) is 0 Å². The first-order chi connectivity index (χ1) is 6.07. The van der Waals surface area contributed by atoms with Crippen molar-refractivity contribution in [3.05, 3.63) is 0 Å². The fourth-order valence-corrected chi connectivity index (χ4v) is 0.956. The summed E-state index contributed by atoms with van der Waals surface area (Å²) in [6, 6.07) is 0. The second-order valence-electron chi connectivity index (χ2n) is 2.67. The molecule has 0 aromatic carbocycles. The molecular weight excluding hydrogens is 196 g/mol. The molecule has 0 amide bonds. The highest BCUT2D eigenvalue weighted by atomic mass is 35.5. The first kappa shape index (κ1) is 12.7. The molecule has 1 fully saturated rings. The summed E-state index contributed by atoms with van der Waals surface area (Å²) in [6.07, 6.45) is 1.32. The molecule has 1 heterocycles. The van der Waals surface area contributed by atoms with Crippen LogP contribution in [0.4, 0.5) is 0 Å². The van der Waals surface area contributed by atoms with Crippen molar-refractivity contribution < 1.29 is 19.7 Å². The van der Waals surface area contributed by atoms with Gasteiger partial charge in [0, 0.05) is 13.0 Å². The van der Waals surface area contributed by atoms with Gasteiger partial charge in [0.2, 0.25) is 0 Å². The van der Waals surface area contributed by atoms with Crippen LogP contribution in [0.25, 0.3) is 0 Å². The van der Waals surface area contributed by atoms with E-state index in [4.69, 9.17) is 26.6 Å². The van der Waals surface area contributed by atoms with E-state index in [9.17, 15) is 4.79 Å². The minimum Gasteiger partial charge on any atom is -0.481 e. The predicted octanol–water partition coefficient (Wildman–Crippen LogP) is 1.20. The lowest BCUT2D eigenvalue weighted by Gasteiger charge is -2.22. The number of aliphatic carboxylic acids is 1. The molecule has 78 valence electrons. The molecule has 1 rings (SSSR count). The van der Waals surface area contributed by atoms with Crippen LogP contribution in [0.1, 0.15) is 26.2 Å². The molecule has 0 radical (unpaired) electrons. The SMILES string of the molecule is CCC(=O)O.O[C@@H]1OCCC[C@@H]1Cl. The number of hydrogen-bond acceptors (Lipinski definition) is 3. The van der Waals surface area contributed by atoms with E-state index in [-0.39, 0.29) is 11.8 Å². The molecule has 1 aliphatic rings. The largest absolute Gasteiger partial charge is 0.481 e. The highest BCUT2D eigenvalue weighted by Crippen LogP contribution is 2.16. The average Bonchev–Trinajstić information content (AvgIpc) is 2.11. The molecule has 4 nitrogen and oxygen atoms in total. The second kappa shape index (κ2) is 7.12. The quantitative estimate of drug-likeness (QED) is 0.639. The first-order valence-electron chi connectivity index (χ1n) is 4.23. The van der Waals surface area contributed by atoms with Gasteiger partial charge in [-0.05, 0) is 12.8 Å². The number of halogens is 1. The van der Waals surface area contributed by atoms with E-state index < -0.39 is 12.3 Å². The fourth-order valence-electron chi connectivity index (χ4n) is 0.729. The Labute approximate surface area is 82.5 Å². The topological polar surface area (TPSA) is 66.8 Å². The Hall–Kier alpha value is -0.320. The van der Waals surface area contributed by atoms with E-state index >= 15 is 0 Å². The molecule has 1 saturated heterocycles. The summed E-state index contributed by atoms with van der Waals surface area (Å²) in [5.41, 5.74) is 0. The monoisotopic (exact) mass is 210 g/mol. The van der Waals surface area contributed by atoms with Gasteiger partial charge in [0.15, 0.2) is 6.29 Å². The van der Waals surface area contributed by atoms with Gasteiger partial charge in [0.1, 0.15) is 0 Å². The number of carbonyl (C=O) groups is 1. The van der Waals surface area contributed by atoms with Gasteiger partial charge < -0.3 is 14.9 Å². The maximum Gasteiger partial charge on any atom is 0.303 e. The zero-order valence-corrected chi connectivity index (χ0v) is 8.33. The molecule has 0 spiro atoms. The molecule has 5 heteroatoms. The second-order valence-corrected chi connectivity index (χ2v) is 3.23. The van der Waals surface area contributed by atoms with E-state index in [2.05, 4.69) is 0 Å². The van der Waals surface area contributed by atoms with Gasteiger partial charge in [-0.1, -0.05) is 6.92 Å². The smallest absolute Gasteiger partial charge is 0.303 e. The molecule has 1 aliphatic heterocycles. The molecule has 0 aromatic rings. The molecular formula is C8H15ClO4. The van der Waals surface area contributed by atoms with E-state index in [1.165, 1.54) is 0 Å². The first-order valence-corrected chi connectivity index (χ1v) is 4.67. The number of aliphatic hydroxyl groups is 1. The third kappa shape index (κ3) is 6.81. The van der Waals surface area contributed by atoms with Crippen LogP contribution in [0.15, 0.2) is 0 Å². The van der Waals surface area contributed by atoms with Gasteiger partial charge in [0.05, 0.1) is 5.38 Å². The zero-order valence-electron chi connectivity index (χ0n) is 7.57. The van der Waals surface area contributed by atoms with Crippen molar-refractivity contribution in [2.24, 2.45) is 0 Å². The van der Waals surface area contributed by atoms with Gasteiger partial charge >= 0.3 is 5.97 Å². The number of carboxylic acid groups (broad SMARTS) is 1. The summed E-state index contributed by atoms with van der Waals surface area (Å²) in [4.78, 5) is 9.37. The number of alkyl halides is 1. The van der Waals surface area contributed by atoms with Gasteiger partial charge in [0.25, 0.3) is 0 Å². The van der Waals surface area contributed by atoms with Crippen molar-refractivity contribution in [3.63, 3.8) is 0 Å². The average molecular weight is 211 g/mol. The summed E-state index contributed by atoms with van der Waals surface area (Å²) in [5.74, 6) is -0.745.